The van der Waals surface area contributed by atoms with Gasteiger partial charge in [-0.2, -0.15) is 0 Å². The minimum absolute atomic E-state index is 0.346. The monoisotopic (exact) mass is 248 g/mol. The summed E-state index contributed by atoms with van der Waals surface area (Å²) >= 11 is 1.65. The Morgan fingerprint density at radius 2 is 1.76 bits per heavy atom. The molecule has 0 aliphatic rings. The molecule has 0 unspecified atom stereocenters. The number of aliphatic carboxylic acids is 1. The van der Waals surface area contributed by atoms with Crippen molar-refractivity contribution in [2.24, 2.45) is 0 Å². The summed E-state index contributed by atoms with van der Waals surface area (Å²) in [5, 5.41) is 8.34. The molecule has 3 nitrogen and oxygen atoms in total. The van der Waals surface area contributed by atoms with Crippen LogP contribution >= 0.6 is 11.8 Å². The van der Waals surface area contributed by atoms with Gasteiger partial charge in [0.05, 0.1) is 0 Å². The summed E-state index contributed by atoms with van der Waals surface area (Å²) in [4.78, 5) is 22.5. The number of ketones is 1. The van der Waals surface area contributed by atoms with Gasteiger partial charge < -0.3 is 5.11 Å². The summed E-state index contributed by atoms with van der Waals surface area (Å²) < 4.78 is 0. The lowest BCUT2D eigenvalue weighted by Gasteiger charge is -1.96. The van der Waals surface area contributed by atoms with Crippen LogP contribution in [0.1, 0.15) is 5.56 Å². The van der Waals surface area contributed by atoms with Crippen LogP contribution in [0.5, 0.6) is 0 Å². The summed E-state index contributed by atoms with van der Waals surface area (Å²) in [6.07, 6.45) is 6.83. The molecule has 0 saturated heterocycles. The normalized spacial score (nSPS) is 11.1. The maximum absolute atomic E-state index is 11.2. The van der Waals surface area contributed by atoms with Crippen molar-refractivity contribution in [3.63, 3.8) is 0 Å². The predicted octanol–water partition coefficient (Wildman–Crippen LogP) is 2.63. The van der Waals surface area contributed by atoms with Crippen LogP contribution < -0.4 is 0 Å². The van der Waals surface area contributed by atoms with Gasteiger partial charge in [-0.3, -0.25) is 4.79 Å². The number of carboxylic acid groups (broad SMARTS) is 1. The van der Waals surface area contributed by atoms with Crippen LogP contribution in [0.4, 0.5) is 0 Å². The van der Waals surface area contributed by atoms with Crippen molar-refractivity contribution in [1.29, 1.82) is 0 Å². The molecule has 0 radical (unpaired) electrons. The fourth-order valence-electron chi connectivity index (χ4n) is 1.10. The highest BCUT2D eigenvalue weighted by molar-refractivity contribution is 7.98. The molecule has 0 aliphatic carbocycles. The topological polar surface area (TPSA) is 54.4 Å². The number of carbonyl (C=O) groups excluding carboxylic acids is 1. The van der Waals surface area contributed by atoms with E-state index in [9.17, 15) is 9.59 Å². The highest BCUT2D eigenvalue weighted by Crippen LogP contribution is 2.15. The second-order valence-electron chi connectivity index (χ2n) is 3.18. The second kappa shape index (κ2) is 6.70. The summed E-state index contributed by atoms with van der Waals surface area (Å²) in [6, 6.07) is 7.72. The third-order valence-electron chi connectivity index (χ3n) is 1.95. The maximum Gasteiger partial charge on any atom is 0.328 e. The molecule has 1 aromatic rings. The van der Waals surface area contributed by atoms with Crippen molar-refractivity contribution in [3.05, 3.63) is 48.1 Å². The van der Waals surface area contributed by atoms with Crippen LogP contribution in [0, 0.1) is 0 Å². The van der Waals surface area contributed by atoms with E-state index in [1.165, 1.54) is 6.08 Å². The Bertz CT molecular complexity index is 458. The quantitative estimate of drug-likeness (QED) is 0.643. The largest absolute Gasteiger partial charge is 0.478 e. The smallest absolute Gasteiger partial charge is 0.328 e. The third kappa shape index (κ3) is 5.17. The van der Waals surface area contributed by atoms with E-state index in [0.717, 1.165) is 22.6 Å². The van der Waals surface area contributed by atoms with Crippen molar-refractivity contribution in [2.45, 2.75) is 4.90 Å². The van der Waals surface area contributed by atoms with Gasteiger partial charge in [-0.1, -0.05) is 18.2 Å². The molecule has 1 N–H and O–H groups in total. The van der Waals surface area contributed by atoms with Crippen LogP contribution in [0.2, 0.25) is 0 Å². The first kappa shape index (κ1) is 13.3. The molecule has 0 bridgehead atoms. The number of hydrogen-bond acceptors (Lipinski definition) is 3. The van der Waals surface area contributed by atoms with Crippen LogP contribution in [0.15, 0.2) is 47.4 Å². The molecule has 0 spiro atoms. The van der Waals surface area contributed by atoms with Crippen molar-refractivity contribution in [1.82, 2.24) is 0 Å². The summed E-state index contributed by atoms with van der Waals surface area (Å²) in [7, 11) is 0. The number of carboxylic acids is 1. The molecule has 0 atom stereocenters. The van der Waals surface area contributed by atoms with E-state index >= 15 is 0 Å². The average Bonchev–Trinajstić information content (AvgIpc) is 2.34. The zero-order valence-corrected chi connectivity index (χ0v) is 10.1. The Balaban J connectivity index is 2.63. The minimum atomic E-state index is -1.13. The molecule has 0 fully saturated rings. The van der Waals surface area contributed by atoms with Gasteiger partial charge in [-0.15, -0.1) is 11.8 Å². The summed E-state index contributed by atoms with van der Waals surface area (Å²) in [6.45, 7) is 0. The Hall–Kier alpha value is -1.81. The number of thioether (sulfide) groups is 1. The van der Waals surface area contributed by atoms with E-state index in [2.05, 4.69) is 0 Å². The maximum atomic E-state index is 11.2. The van der Waals surface area contributed by atoms with E-state index in [4.69, 9.17) is 5.11 Å². The SMILES string of the molecule is CSc1ccc(C=CC(=O)C=CC(=O)O)cc1. The van der Waals surface area contributed by atoms with Gasteiger partial charge in [0.1, 0.15) is 0 Å². The Kier molecular flexibility index (Phi) is 5.23. The van der Waals surface area contributed by atoms with Gasteiger partial charge in [-0.25, -0.2) is 4.79 Å². The van der Waals surface area contributed by atoms with Crippen LogP contribution in [0.25, 0.3) is 6.08 Å². The molecule has 0 saturated carbocycles. The van der Waals surface area contributed by atoms with E-state index in [0.29, 0.717) is 0 Å². The van der Waals surface area contributed by atoms with E-state index < -0.39 is 5.97 Å². The predicted molar refractivity (Wildman–Crippen MR) is 69.0 cm³/mol. The fraction of sp³-hybridized carbons (Fsp3) is 0.0769. The zero-order valence-electron chi connectivity index (χ0n) is 9.29. The third-order valence-corrected chi connectivity index (χ3v) is 2.69. The highest BCUT2D eigenvalue weighted by atomic mass is 32.2. The van der Waals surface area contributed by atoms with Crippen molar-refractivity contribution in [3.8, 4) is 0 Å². The molecule has 1 aromatic carbocycles. The first-order valence-corrected chi connectivity index (χ1v) is 6.11. The number of allylic oxidation sites excluding steroid dienone is 2. The van der Waals surface area contributed by atoms with Gasteiger partial charge in [0, 0.05) is 11.0 Å². The average molecular weight is 248 g/mol. The molecule has 88 valence electrons. The molecule has 17 heavy (non-hydrogen) atoms. The number of hydrogen-bond donors (Lipinski definition) is 1. The molecule has 0 amide bonds. The van der Waals surface area contributed by atoms with Gasteiger partial charge in [0.2, 0.25) is 0 Å². The number of rotatable bonds is 5. The lowest BCUT2D eigenvalue weighted by molar-refractivity contribution is -0.131. The lowest BCUT2D eigenvalue weighted by Crippen LogP contribution is -1.91. The van der Waals surface area contributed by atoms with Crippen LogP contribution in [0.3, 0.4) is 0 Å². The number of carbonyl (C=O) groups is 2. The first-order chi connectivity index (χ1) is 8.11. The molecule has 0 heterocycles. The molecule has 1 rings (SSSR count). The zero-order chi connectivity index (χ0) is 12.7. The first-order valence-electron chi connectivity index (χ1n) is 4.89. The molecular formula is C13H12O3S. The standard InChI is InChI=1S/C13H12O3S/c1-17-12-7-3-10(4-8-12)2-5-11(14)6-9-13(15)16/h2-9H,1H3,(H,15,16). The number of benzene rings is 1. The summed E-state index contributed by atoms with van der Waals surface area (Å²) in [5.74, 6) is -1.47. The summed E-state index contributed by atoms with van der Waals surface area (Å²) in [5.41, 5.74) is 0.903. The molecule has 0 aliphatic heterocycles. The van der Waals surface area contributed by atoms with Crippen molar-refractivity contribution >= 4 is 29.6 Å². The Morgan fingerprint density at radius 3 is 2.29 bits per heavy atom. The second-order valence-corrected chi connectivity index (χ2v) is 4.06. The van der Waals surface area contributed by atoms with E-state index in [1.54, 1.807) is 17.8 Å². The van der Waals surface area contributed by atoms with E-state index in [-0.39, 0.29) is 5.78 Å². The molecule has 4 heteroatoms. The minimum Gasteiger partial charge on any atom is -0.478 e. The van der Waals surface area contributed by atoms with Crippen LogP contribution in [-0.4, -0.2) is 23.1 Å². The van der Waals surface area contributed by atoms with Gasteiger partial charge in [0.15, 0.2) is 5.78 Å². The molecular weight excluding hydrogens is 236 g/mol. The van der Waals surface area contributed by atoms with Gasteiger partial charge in [0.25, 0.3) is 0 Å². The van der Waals surface area contributed by atoms with Crippen molar-refractivity contribution in [2.75, 3.05) is 6.26 Å². The fourth-order valence-corrected chi connectivity index (χ4v) is 1.51. The van der Waals surface area contributed by atoms with Crippen molar-refractivity contribution < 1.29 is 14.7 Å². The van der Waals surface area contributed by atoms with E-state index in [1.807, 2.05) is 30.5 Å². The highest BCUT2D eigenvalue weighted by Gasteiger charge is 1.93. The Morgan fingerprint density at radius 1 is 1.12 bits per heavy atom. The van der Waals surface area contributed by atoms with Crippen LogP contribution in [-0.2, 0) is 9.59 Å². The van der Waals surface area contributed by atoms with Gasteiger partial charge >= 0.3 is 5.97 Å². The lowest BCUT2D eigenvalue weighted by atomic mass is 10.2. The molecule has 0 aromatic heterocycles. The van der Waals surface area contributed by atoms with Gasteiger partial charge in [-0.05, 0) is 36.1 Å². The Labute approximate surface area is 104 Å².